The van der Waals surface area contributed by atoms with Crippen molar-refractivity contribution >= 4 is 11.6 Å². The first-order chi connectivity index (χ1) is 9.02. The molecule has 106 valence electrons. The van der Waals surface area contributed by atoms with E-state index < -0.39 is 0 Å². The largest absolute Gasteiger partial charge is 0.490 e. The van der Waals surface area contributed by atoms with Gasteiger partial charge in [-0.05, 0) is 38.7 Å². The van der Waals surface area contributed by atoms with Gasteiger partial charge < -0.3 is 9.47 Å². The van der Waals surface area contributed by atoms with Gasteiger partial charge >= 0.3 is 0 Å². The van der Waals surface area contributed by atoms with Gasteiger partial charge in [0.2, 0.25) is 0 Å². The highest BCUT2D eigenvalue weighted by atomic mass is 35.5. The zero-order valence-electron chi connectivity index (χ0n) is 12.0. The molecule has 0 aliphatic carbocycles. The molecule has 0 saturated heterocycles. The highest BCUT2D eigenvalue weighted by molar-refractivity contribution is 6.17. The minimum absolute atomic E-state index is 0.117. The van der Waals surface area contributed by atoms with Crippen LogP contribution >= 0.6 is 11.6 Å². The van der Waals surface area contributed by atoms with Crippen LogP contribution < -0.4 is 9.47 Å². The Morgan fingerprint density at radius 2 is 2.16 bits per heavy atom. The van der Waals surface area contributed by atoms with E-state index in [2.05, 4.69) is 26.8 Å². The van der Waals surface area contributed by atoms with Crippen LogP contribution in [0.1, 0.15) is 39.2 Å². The van der Waals surface area contributed by atoms with Gasteiger partial charge in [-0.15, -0.1) is 11.6 Å². The normalized spacial score (nSPS) is 17.7. The van der Waals surface area contributed by atoms with E-state index in [0.29, 0.717) is 5.92 Å². The number of halogens is 1. The second-order valence-corrected chi connectivity index (χ2v) is 6.38. The minimum Gasteiger partial charge on any atom is -0.490 e. The van der Waals surface area contributed by atoms with Crippen LogP contribution in [-0.2, 0) is 6.42 Å². The molecule has 0 fully saturated rings. The Morgan fingerprint density at radius 3 is 2.89 bits per heavy atom. The molecule has 0 aromatic heterocycles. The molecule has 0 spiro atoms. The highest BCUT2D eigenvalue weighted by Gasteiger charge is 2.32. The zero-order chi connectivity index (χ0) is 13.9. The second-order valence-electron chi connectivity index (χ2n) is 6.00. The first kappa shape index (κ1) is 14.5. The Hall–Kier alpha value is -0.890. The Bertz CT molecular complexity index is 429. The standard InChI is InChI=1S/C16H23ClO2/c1-12(7-9-17)8-10-18-14-6-4-5-13-11-16(2,3)19-15(13)14/h4-6,12H,7-11H2,1-3H3. The topological polar surface area (TPSA) is 18.5 Å². The summed E-state index contributed by atoms with van der Waals surface area (Å²) in [6.45, 7) is 7.15. The first-order valence-corrected chi connectivity index (χ1v) is 7.55. The maximum Gasteiger partial charge on any atom is 0.165 e. The number of para-hydroxylation sites is 1. The van der Waals surface area contributed by atoms with Crippen molar-refractivity contribution in [3.63, 3.8) is 0 Å². The predicted octanol–water partition coefficient (Wildman–Crippen LogP) is 4.43. The Balaban J connectivity index is 1.94. The molecule has 2 rings (SSSR count). The maximum atomic E-state index is 5.98. The van der Waals surface area contributed by atoms with Crippen molar-refractivity contribution < 1.29 is 9.47 Å². The quantitative estimate of drug-likeness (QED) is 0.719. The van der Waals surface area contributed by atoms with Crippen LogP contribution in [0.4, 0.5) is 0 Å². The van der Waals surface area contributed by atoms with Gasteiger partial charge in [0.15, 0.2) is 11.5 Å². The molecule has 1 aromatic rings. The van der Waals surface area contributed by atoms with E-state index in [4.69, 9.17) is 21.1 Å². The lowest BCUT2D eigenvalue weighted by Crippen LogP contribution is -2.24. The summed E-state index contributed by atoms with van der Waals surface area (Å²) >= 11 is 5.74. The lowest BCUT2D eigenvalue weighted by Gasteiger charge is -2.18. The van der Waals surface area contributed by atoms with Crippen LogP contribution in [0.25, 0.3) is 0 Å². The van der Waals surface area contributed by atoms with Crippen molar-refractivity contribution in [2.75, 3.05) is 12.5 Å². The molecule has 0 N–H and O–H groups in total. The summed E-state index contributed by atoms with van der Waals surface area (Å²) in [5.41, 5.74) is 1.13. The maximum absolute atomic E-state index is 5.98. The molecule has 1 aromatic carbocycles. The van der Waals surface area contributed by atoms with Gasteiger partial charge in [0, 0.05) is 17.9 Å². The van der Waals surface area contributed by atoms with Crippen molar-refractivity contribution in [2.45, 2.75) is 45.6 Å². The molecule has 0 saturated carbocycles. The number of ether oxygens (including phenoxy) is 2. The van der Waals surface area contributed by atoms with Crippen LogP contribution in [0.3, 0.4) is 0 Å². The summed E-state index contributed by atoms with van der Waals surface area (Å²) in [4.78, 5) is 0. The highest BCUT2D eigenvalue weighted by Crippen LogP contribution is 2.41. The van der Waals surface area contributed by atoms with Crippen LogP contribution in [0, 0.1) is 5.92 Å². The summed E-state index contributed by atoms with van der Waals surface area (Å²) in [5, 5.41) is 0. The lowest BCUT2D eigenvalue weighted by molar-refractivity contribution is 0.131. The Labute approximate surface area is 121 Å². The van der Waals surface area contributed by atoms with Gasteiger partial charge in [0.1, 0.15) is 5.60 Å². The molecule has 0 bridgehead atoms. The number of rotatable bonds is 6. The van der Waals surface area contributed by atoms with E-state index in [9.17, 15) is 0 Å². The van der Waals surface area contributed by atoms with Gasteiger partial charge in [-0.1, -0.05) is 19.1 Å². The van der Waals surface area contributed by atoms with E-state index in [1.54, 1.807) is 0 Å². The minimum atomic E-state index is -0.117. The number of hydrogen-bond acceptors (Lipinski definition) is 2. The fourth-order valence-electron chi connectivity index (χ4n) is 2.40. The predicted molar refractivity (Wildman–Crippen MR) is 79.5 cm³/mol. The molecule has 3 heteroatoms. The van der Waals surface area contributed by atoms with E-state index in [0.717, 1.165) is 43.2 Å². The molecule has 1 aliphatic rings. The van der Waals surface area contributed by atoms with E-state index in [1.807, 2.05) is 12.1 Å². The lowest BCUT2D eigenvalue weighted by atomic mass is 10.0. The SMILES string of the molecule is CC(CCCl)CCOc1cccc2c1OC(C)(C)C2. The average Bonchev–Trinajstić information content (AvgIpc) is 2.64. The van der Waals surface area contributed by atoms with Gasteiger partial charge in [-0.25, -0.2) is 0 Å². The Kier molecular flexibility index (Phi) is 4.62. The summed E-state index contributed by atoms with van der Waals surface area (Å²) in [5.74, 6) is 3.13. The third-order valence-electron chi connectivity index (χ3n) is 3.53. The number of hydrogen-bond donors (Lipinski definition) is 0. The summed E-state index contributed by atoms with van der Waals surface area (Å²) in [6, 6.07) is 6.15. The summed E-state index contributed by atoms with van der Waals surface area (Å²) in [7, 11) is 0. The molecule has 0 radical (unpaired) electrons. The van der Waals surface area contributed by atoms with E-state index >= 15 is 0 Å². The van der Waals surface area contributed by atoms with Crippen LogP contribution in [0.5, 0.6) is 11.5 Å². The van der Waals surface area contributed by atoms with Gasteiger partial charge in [-0.3, -0.25) is 0 Å². The number of fused-ring (bicyclic) bond motifs is 1. The smallest absolute Gasteiger partial charge is 0.165 e. The van der Waals surface area contributed by atoms with Crippen molar-refractivity contribution in [3.05, 3.63) is 23.8 Å². The van der Waals surface area contributed by atoms with E-state index in [-0.39, 0.29) is 5.60 Å². The van der Waals surface area contributed by atoms with Gasteiger partial charge in [0.05, 0.1) is 6.61 Å². The van der Waals surface area contributed by atoms with Crippen molar-refractivity contribution in [1.82, 2.24) is 0 Å². The molecular formula is C16H23ClO2. The summed E-state index contributed by atoms with van der Waals surface area (Å²) < 4.78 is 11.9. The molecule has 1 unspecified atom stereocenters. The second kappa shape index (κ2) is 6.04. The third kappa shape index (κ3) is 3.79. The van der Waals surface area contributed by atoms with Crippen LogP contribution in [-0.4, -0.2) is 18.1 Å². The fraction of sp³-hybridized carbons (Fsp3) is 0.625. The molecule has 1 atom stereocenters. The molecule has 1 aliphatic heterocycles. The summed E-state index contributed by atoms with van der Waals surface area (Å²) in [6.07, 6.45) is 3.02. The molecule has 19 heavy (non-hydrogen) atoms. The monoisotopic (exact) mass is 282 g/mol. The fourth-order valence-corrected chi connectivity index (χ4v) is 2.77. The van der Waals surface area contributed by atoms with Crippen LogP contribution in [0.2, 0.25) is 0 Å². The van der Waals surface area contributed by atoms with E-state index in [1.165, 1.54) is 5.56 Å². The first-order valence-electron chi connectivity index (χ1n) is 7.01. The number of alkyl halides is 1. The van der Waals surface area contributed by atoms with Crippen molar-refractivity contribution in [1.29, 1.82) is 0 Å². The molecular weight excluding hydrogens is 260 g/mol. The molecule has 2 nitrogen and oxygen atoms in total. The van der Waals surface area contributed by atoms with Crippen LogP contribution in [0.15, 0.2) is 18.2 Å². The number of benzene rings is 1. The molecule has 1 heterocycles. The van der Waals surface area contributed by atoms with Crippen molar-refractivity contribution in [2.24, 2.45) is 5.92 Å². The third-order valence-corrected chi connectivity index (χ3v) is 3.74. The van der Waals surface area contributed by atoms with Gasteiger partial charge in [0.25, 0.3) is 0 Å². The molecule has 0 amide bonds. The van der Waals surface area contributed by atoms with Gasteiger partial charge in [-0.2, -0.15) is 0 Å². The van der Waals surface area contributed by atoms with Crippen molar-refractivity contribution in [3.8, 4) is 11.5 Å². The zero-order valence-corrected chi connectivity index (χ0v) is 12.8. The average molecular weight is 283 g/mol. The Morgan fingerprint density at radius 1 is 1.37 bits per heavy atom.